The maximum absolute atomic E-state index is 12.5. The van der Waals surface area contributed by atoms with Gasteiger partial charge in [-0.05, 0) is 48.0 Å². The van der Waals surface area contributed by atoms with Crippen LogP contribution >= 0.6 is 0 Å². The van der Waals surface area contributed by atoms with Gasteiger partial charge in [0.05, 0.1) is 12.8 Å². The Balaban J connectivity index is 1.41. The number of ether oxygens (including phenoxy) is 1. The predicted molar refractivity (Wildman–Crippen MR) is 132 cm³/mol. The van der Waals surface area contributed by atoms with Gasteiger partial charge >= 0.3 is 0 Å². The largest absolute Gasteiger partial charge is 0.495 e. The minimum absolute atomic E-state index is 0.161. The van der Waals surface area contributed by atoms with Gasteiger partial charge in [0.1, 0.15) is 5.75 Å². The van der Waals surface area contributed by atoms with Crippen molar-refractivity contribution in [1.82, 2.24) is 4.90 Å². The number of methoxy groups -OCH3 is 1. The van der Waals surface area contributed by atoms with Gasteiger partial charge < -0.3 is 19.9 Å². The standard InChI is InChI=1S/C27H29N3O2/c1-29-16-18-30(19-17-29)25-20-24(13-14-26(25)32-2)28-27(31)15-10-21-8-11-23(12-9-21)22-6-4-3-5-7-22/h3-15,20H,16-19H2,1-2H3,(H,28,31). The first-order valence-electron chi connectivity index (χ1n) is 10.9. The molecule has 1 N–H and O–H groups in total. The molecule has 3 aromatic rings. The van der Waals surface area contributed by atoms with Crippen LogP contribution in [-0.2, 0) is 4.79 Å². The predicted octanol–water partition coefficient (Wildman–Crippen LogP) is 4.77. The molecule has 1 fully saturated rings. The molecule has 1 aliphatic heterocycles. The molecule has 5 heteroatoms. The lowest BCUT2D eigenvalue weighted by Gasteiger charge is -2.34. The Morgan fingerprint density at radius 1 is 0.906 bits per heavy atom. The summed E-state index contributed by atoms with van der Waals surface area (Å²) < 4.78 is 5.55. The molecule has 1 saturated heterocycles. The number of hydrogen-bond acceptors (Lipinski definition) is 4. The Morgan fingerprint density at radius 2 is 1.59 bits per heavy atom. The number of nitrogens with zero attached hydrogens (tertiary/aromatic N) is 2. The summed E-state index contributed by atoms with van der Waals surface area (Å²) in [6.07, 6.45) is 3.40. The summed E-state index contributed by atoms with van der Waals surface area (Å²) in [5.41, 5.74) is 5.08. The minimum atomic E-state index is -0.161. The van der Waals surface area contributed by atoms with Crippen LogP contribution in [0.4, 0.5) is 11.4 Å². The number of amides is 1. The number of hydrogen-bond donors (Lipinski definition) is 1. The number of benzene rings is 3. The lowest BCUT2D eigenvalue weighted by atomic mass is 10.0. The first-order chi connectivity index (χ1) is 15.6. The average Bonchev–Trinajstić information content (AvgIpc) is 2.84. The van der Waals surface area contributed by atoms with E-state index in [-0.39, 0.29) is 5.91 Å². The molecule has 1 amide bonds. The van der Waals surface area contributed by atoms with Gasteiger partial charge in [-0.3, -0.25) is 4.79 Å². The number of piperazine rings is 1. The van der Waals surface area contributed by atoms with Gasteiger partial charge in [-0.1, -0.05) is 54.6 Å². The Bertz CT molecular complexity index is 1070. The molecule has 5 nitrogen and oxygen atoms in total. The van der Waals surface area contributed by atoms with Gasteiger partial charge in [-0.15, -0.1) is 0 Å². The molecule has 0 saturated carbocycles. The summed E-state index contributed by atoms with van der Waals surface area (Å²) in [6, 6.07) is 24.2. The van der Waals surface area contributed by atoms with Crippen molar-refractivity contribution in [3.8, 4) is 16.9 Å². The van der Waals surface area contributed by atoms with Crippen LogP contribution in [0.3, 0.4) is 0 Å². The molecule has 32 heavy (non-hydrogen) atoms. The summed E-state index contributed by atoms with van der Waals surface area (Å²) >= 11 is 0. The van der Waals surface area contributed by atoms with Crippen molar-refractivity contribution in [2.45, 2.75) is 0 Å². The van der Waals surface area contributed by atoms with E-state index in [1.54, 1.807) is 13.2 Å². The van der Waals surface area contributed by atoms with Crippen molar-refractivity contribution >= 4 is 23.4 Å². The van der Waals surface area contributed by atoms with Crippen LogP contribution in [0.1, 0.15) is 5.56 Å². The second-order valence-electron chi connectivity index (χ2n) is 7.99. The highest BCUT2D eigenvalue weighted by molar-refractivity contribution is 6.02. The molecule has 1 heterocycles. The molecule has 0 unspecified atom stereocenters. The molecule has 0 aromatic heterocycles. The third kappa shape index (κ3) is 5.37. The van der Waals surface area contributed by atoms with Crippen LogP contribution in [-0.4, -0.2) is 51.1 Å². The SMILES string of the molecule is COc1ccc(NC(=O)C=Cc2ccc(-c3ccccc3)cc2)cc1N1CCN(C)CC1. The van der Waals surface area contributed by atoms with Crippen molar-refractivity contribution in [1.29, 1.82) is 0 Å². The number of rotatable bonds is 6. The van der Waals surface area contributed by atoms with Gasteiger partial charge in [0.25, 0.3) is 0 Å². The summed E-state index contributed by atoms with van der Waals surface area (Å²) in [5.74, 6) is 0.660. The van der Waals surface area contributed by atoms with E-state index in [0.717, 1.165) is 54.4 Å². The Morgan fingerprint density at radius 3 is 2.28 bits per heavy atom. The van der Waals surface area contributed by atoms with E-state index < -0.39 is 0 Å². The fraction of sp³-hybridized carbons (Fsp3) is 0.222. The molecular weight excluding hydrogens is 398 g/mol. The molecule has 164 valence electrons. The summed E-state index contributed by atoms with van der Waals surface area (Å²) in [5, 5.41) is 2.97. The molecule has 4 rings (SSSR count). The van der Waals surface area contributed by atoms with Crippen LogP contribution in [0.15, 0.2) is 78.9 Å². The van der Waals surface area contributed by atoms with E-state index in [1.807, 2.05) is 54.6 Å². The van der Waals surface area contributed by atoms with Crippen LogP contribution in [0.5, 0.6) is 5.75 Å². The van der Waals surface area contributed by atoms with Gasteiger partial charge in [-0.25, -0.2) is 0 Å². The maximum atomic E-state index is 12.5. The second kappa shape index (κ2) is 10.2. The number of anilines is 2. The zero-order chi connectivity index (χ0) is 22.3. The van der Waals surface area contributed by atoms with E-state index in [1.165, 1.54) is 5.56 Å². The van der Waals surface area contributed by atoms with Crippen LogP contribution in [0, 0.1) is 0 Å². The van der Waals surface area contributed by atoms with Gasteiger partial charge in [0, 0.05) is 37.9 Å². The highest BCUT2D eigenvalue weighted by Crippen LogP contribution is 2.32. The second-order valence-corrected chi connectivity index (χ2v) is 7.99. The molecule has 0 aliphatic carbocycles. The molecule has 0 spiro atoms. The van der Waals surface area contributed by atoms with E-state index in [4.69, 9.17) is 4.74 Å². The Labute approximate surface area is 189 Å². The van der Waals surface area contributed by atoms with Gasteiger partial charge in [0.2, 0.25) is 5.91 Å². The fourth-order valence-electron chi connectivity index (χ4n) is 3.84. The number of carbonyl (C=O) groups is 1. The molecule has 0 bridgehead atoms. The maximum Gasteiger partial charge on any atom is 0.248 e. The average molecular weight is 428 g/mol. The quantitative estimate of drug-likeness (QED) is 0.576. The minimum Gasteiger partial charge on any atom is -0.495 e. The monoisotopic (exact) mass is 427 g/mol. The van der Waals surface area contributed by atoms with E-state index >= 15 is 0 Å². The summed E-state index contributed by atoms with van der Waals surface area (Å²) in [4.78, 5) is 17.1. The third-order valence-corrected chi connectivity index (χ3v) is 5.74. The van der Waals surface area contributed by atoms with Crippen molar-refractivity contribution in [2.24, 2.45) is 0 Å². The van der Waals surface area contributed by atoms with Crippen molar-refractivity contribution in [3.63, 3.8) is 0 Å². The topological polar surface area (TPSA) is 44.8 Å². The Hall–Kier alpha value is -3.57. The Kier molecular flexibility index (Phi) is 6.87. The van der Waals surface area contributed by atoms with Crippen LogP contribution in [0.25, 0.3) is 17.2 Å². The normalized spacial score (nSPS) is 14.5. The van der Waals surface area contributed by atoms with E-state index in [0.29, 0.717) is 0 Å². The van der Waals surface area contributed by atoms with Crippen molar-refractivity contribution in [3.05, 3.63) is 84.4 Å². The number of likely N-dealkylation sites (N-methyl/N-ethyl adjacent to an activating group) is 1. The lowest BCUT2D eigenvalue weighted by Crippen LogP contribution is -2.44. The third-order valence-electron chi connectivity index (χ3n) is 5.74. The molecule has 3 aromatic carbocycles. The number of carbonyl (C=O) groups excluding carboxylic acids is 1. The van der Waals surface area contributed by atoms with Crippen molar-refractivity contribution in [2.75, 3.05) is 50.6 Å². The molecule has 0 atom stereocenters. The smallest absolute Gasteiger partial charge is 0.248 e. The number of nitrogens with one attached hydrogen (secondary N) is 1. The van der Waals surface area contributed by atoms with E-state index in [2.05, 4.69) is 46.4 Å². The zero-order valence-electron chi connectivity index (χ0n) is 18.6. The first kappa shape index (κ1) is 21.7. The van der Waals surface area contributed by atoms with Crippen LogP contribution in [0.2, 0.25) is 0 Å². The lowest BCUT2D eigenvalue weighted by molar-refractivity contribution is -0.111. The van der Waals surface area contributed by atoms with Crippen molar-refractivity contribution < 1.29 is 9.53 Å². The first-order valence-corrected chi connectivity index (χ1v) is 10.9. The highest BCUT2D eigenvalue weighted by Gasteiger charge is 2.18. The fourth-order valence-corrected chi connectivity index (χ4v) is 3.84. The van der Waals surface area contributed by atoms with Gasteiger partial charge in [0.15, 0.2) is 0 Å². The molecule has 0 radical (unpaired) electrons. The molecule has 1 aliphatic rings. The van der Waals surface area contributed by atoms with E-state index in [9.17, 15) is 4.79 Å². The van der Waals surface area contributed by atoms with Gasteiger partial charge in [-0.2, -0.15) is 0 Å². The summed E-state index contributed by atoms with van der Waals surface area (Å²) in [6.45, 7) is 3.88. The summed E-state index contributed by atoms with van der Waals surface area (Å²) in [7, 11) is 3.81. The molecular formula is C27H29N3O2. The zero-order valence-corrected chi connectivity index (χ0v) is 18.6. The van der Waals surface area contributed by atoms with Crippen LogP contribution < -0.4 is 15.0 Å². The highest BCUT2D eigenvalue weighted by atomic mass is 16.5.